The fraction of sp³-hybridized carbons (Fsp3) is 0.533. The van der Waals surface area contributed by atoms with E-state index in [1.54, 1.807) is 0 Å². The van der Waals surface area contributed by atoms with Crippen LogP contribution in [-0.4, -0.2) is 19.4 Å². The fourth-order valence-electron chi connectivity index (χ4n) is 2.48. The topological polar surface area (TPSA) is 20.3 Å². The van der Waals surface area contributed by atoms with Gasteiger partial charge in [0.1, 0.15) is 5.78 Å². The van der Waals surface area contributed by atoms with Crippen molar-refractivity contribution < 1.29 is 4.79 Å². The lowest BCUT2D eigenvalue weighted by Crippen LogP contribution is -2.32. The average molecular weight is 231 g/mol. The van der Waals surface area contributed by atoms with Crippen LogP contribution in [0, 0.1) is 12.8 Å². The quantitative estimate of drug-likeness (QED) is 0.796. The number of carbonyl (C=O) groups excluding carboxylic acids is 1. The number of nitrogens with zero attached hydrogens (tertiary/aromatic N) is 1. The Morgan fingerprint density at radius 1 is 1.24 bits per heavy atom. The van der Waals surface area contributed by atoms with Gasteiger partial charge in [-0.2, -0.15) is 0 Å². The minimum absolute atomic E-state index is 0.245. The minimum atomic E-state index is 0.245. The molecule has 0 amide bonds. The lowest BCUT2D eigenvalue weighted by molar-refractivity contribution is -0.124. The van der Waals surface area contributed by atoms with E-state index in [1.807, 2.05) is 0 Å². The van der Waals surface area contributed by atoms with E-state index in [1.165, 1.54) is 17.7 Å². The van der Waals surface area contributed by atoms with Crippen LogP contribution in [-0.2, 0) is 4.79 Å². The zero-order valence-electron chi connectivity index (χ0n) is 10.8. The number of aryl methyl sites for hydroxylation is 1. The summed E-state index contributed by atoms with van der Waals surface area (Å²) in [5.74, 6) is 0.699. The molecule has 0 saturated heterocycles. The lowest BCUT2D eigenvalue weighted by Gasteiger charge is -2.27. The highest BCUT2D eigenvalue weighted by molar-refractivity contribution is 5.82. The molecule has 17 heavy (non-hydrogen) atoms. The minimum Gasteiger partial charge on any atom is -0.374 e. The van der Waals surface area contributed by atoms with E-state index in [-0.39, 0.29) is 5.92 Å². The summed E-state index contributed by atoms with van der Waals surface area (Å²) in [5.41, 5.74) is 2.48. The normalized spacial score (nSPS) is 20.4. The summed E-state index contributed by atoms with van der Waals surface area (Å²) in [6.07, 6.45) is 4.14. The van der Waals surface area contributed by atoms with Crippen molar-refractivity contribution in [2.45, 2.75) is 32.6 Å². The first-order valence-electron chi connectivity index (χ1n) is 6.47. The first kappa shape index (κ1) is 12.2. The van der Waals surface area contributed by atoms with Crippen molar-refractivity contribution in [2.75, 3.05) is 18.5 Å². The molecule has 1 fully saturated rings. The molecule has 1 aromatic carbocycles. The number of hydrogen-bond acceptors (Lipinski definition) is 2. The third-order valence-corrected chi connectivity index (χ3v) is 3.65. The van der Waals surface area contributed by atoms with Crippen molar-refractivity contribution >= 4 is 11.5 Å². The molecule has 0 aromatic heterocycles. The number of ketones is 1. The second kappa shape index (κ2) is 5.35. The van der Waals surface area contributed by atoms with Crippen LogP contribution in [0.3, 0.4) is 0 Å². The summed E-state index contributed by atoms with van der Waals surface area (Å²) in [4.78, 5) is 14.0. The van der Waals surface area contributed by atoms with Crippen LogP contribution in [0.4, 0.5) is 5.69 Å². The Balaban J connectivity index is 1.98. The SMILES string of the molecule is Cc1ccc(N(C)CC2CCCCC2=O)cc1. The van der Waals surface area contributed by atoms with Crippen molar-refractivity contribution in [1.29, 1.82) is 0 Å². The maximum atomic E-state index is 11.8. The maximum absolute atomic E-state index is 11.8. The molecule has 0 bridgehead atoms. The summed E-state index contributed by atoms with van der Waals surface area (Å²) in [7, 11) is 2.08. The Morgan fingerprint density at radius 2 is 1.94 bits per heavy atom. The molecule has 2 nitrogen and oxygen atoms in total. The van der Waals surface area contributed by atoms with Gasteiger partial charge in [0.15, 0.2) is 0 Å². The first-order valence-corrected chi connectivity index (χ1v) is 6.47. The summed E-state index contributed by atoms with van der Waals surface area (Å²) in [5, 5.41) is 0. The van der Waals surface area contributed by atoms with Crippen LogP contribution in [0.2, 0.25) is 0 Å². The standard InChI is InChI=1S/C15H21NO/c1-12-7-9-14(10-8-12)16(2)11-13-5-3-4-6-15(13)17/h7-10,13H,3-6,11H2,1-2H3. The molecule has 0 radical (unpaired) electrons. The van der Waals surface area contributed by atoms with Gasteiger partial charge in [0.25, 0.3) is 0 Å². The Bertz CT molecular complexity index is 382. The van der Waals surface area contributed by atoms with Gasteiger partial charge in [0.05, 0.1) is 0 Å². The molecule has 92 valence electrons. The molecule has 0 N–H and O–H groups in total. The van der Waals surface area contributed by atoms with Crippen LogP contribution in [0.1, 0.15) is 31.2 Å². The van der Waals surface area contributed by atoms with Gasteiger partial charge < -0.3 is 4.90 Å². The molecule has 1 atom stereocenters. The monoisotopic (exact) mass is 231 g/mol. The summed E-state index contributed by atoms with van der Waals surface area (Å²) >= 11 is 0. The van der Waals surface area contributed by atoms with Gasteiger partial charge in [-0.15, -0.1) is 0 Å². The molecule has 0 spiro atoms. The fourth-order valence-corrected chi connectivity index (χ4v) is 2.48. The van der Waals surface area contributed by atoms with Gasteiger partial charge in [-0.25, -0.2) is 0 Å². The number of rotatable bonds is 3. The predicted molar refractivity (Wildman–Crippen MR) is 71.4 cm³/mol. The van der Waals surface area contributed by atoms with Gasteiger partial charge >= 0.3 is 0 Å². The zero-order valence-corrected chi connectivity index (χ0v) is 10.8. The van der Waals surface area contributed by atoms with E-state index in [2.05, 4.69) is 43.1 Å². The van der Waals surface area contributed by atoms with Crippen LogP contribution in [0.5, 0.6) is 0 Å². The second-order valence-electron chi connectivity index (χ2n) is 5.13. The van der Waals surface area contributed by atoms with E-state index in [4.69, 9.17) is 0 Å². The Morgan fingerprint density at radius 3 is 2.59 bits per heavy atom. The third-order valence-electron chi connectivity index (χ3n) is 3.65. The van der Waals surface area contributed by atoms with E-state index >= 15 is 0 Å². The highest BCUT2D eigenvalue weighted by Crippen LogP contribution is 2.23. The van der Waals surface area contributed by atoms with Crippen molar-refractivity contribution in [2.24, 2.45) is 5.92 Å². The van der Waals surface area contributed by atoms with Gasteiger partial charge in [-0.3, -0.25) is 4.79 Å². The Kier molecular flexibility index (Phi) is 3.82. The molecule has 0 heterocycles. The number of Topliss-reactive ketones (excluding diaryl/α,β-unsaturated/α-hetero) is 1. The van der Waals surface area contributed by atoms with Crippen LogP contribution >= 0.6 is 0 Å². The van der Waals surface area contributed by atoms with E-state index in [0.29, 0.717) is 5.78 Å². The molecule has 1 aliphatic rings. The number of carbonyl (C=O) groups is 1. The van der Waals surface area contributed by atoms with Crippen molar-refractivity contribution in [1.82, 2.24) is 0 Å². The van der Waals surface area contributed by atoms with Gasteiger partial charge in [0.2, 0.25) is 0 Å². The predicted octanol–water partition coefficient (Wildman–Crippen LogP) is 3.19. The molecular weight excluding hydrogens is 210 g/mol. The van der Waals surface area contributed by atoms with Crippen molar-refractivity contribution in [3.8, 4) is 0 Å². The summed E-state index contributed by atoms with van der Waals surface area (Å²) < 4.78 is 0. The average Bonchev–Trinajstić information content (AvgIpc) is 2.33. The molecular formula is C15H21NO. The molecule has 1 unspecified atom stereocenters. The van der Waals surface area contributed by atoms with Crippen LogP contribution in [0.15, 0.2) is 24.3 Å². The maximum Gasteiger partial charge on any atom is 0.137 e. The van der Waals surface area contributed by atoms with Gasteiger partial charge in [0, 0.05) is 31.6 Å². The smallest absolute Gasteiger partial charge is 0.137 e. The molecule has 2 heteroatoms. The second-order valence-corrected chi connectivity index (χ2v) is 5.13. The molecule has 1 aliphatic carbocycles. The Labute approximate surface area is 104 Å². The summed E-state index contributed by atoms with van der Waals surface area (Å²) in [6.45, 7) is 2.95. The van der Waals surface area contributed by atoms with Crippen LogP contribution in [0.25, 0.3) is 0 Å². The lowest BCUT2D eigenvalue weighted by atomic mass is 9.87. The van der Waals surface area contributed by atoms with E-state index < -0.39 is 0 Å². The molecule has 1 aromatic rings. The van der Waals surface area contributed by atoms with Crippen LogP contribution < -0.4 is 4.90 Å². The van der Waals surface area contributed by atoms with E-state index in [9.17, 15) is 4.79 Å². The number of anilines is 1. The largest absolute Gasteiger partial charge is 0.374 e. The van der Waals surface area contributed by atoms with Gasteiger partial charge in [-0.05, 0) is 31.9 Å². The van der Waals surface area contributed by atoms with Gasteiger partial charge in [-0.1, -0.05) is 24.1 Å². The summed E-state index contributed by atoms with van der Waals surface area (Å²) in [6, 6.07) is 8.49. The number of benzene rings is 1. The van der Waals surface area contributed by atoms with E-state index in [0.717, 1.165) is 25.8 Å². The highest BCUT2D eigenvalue weighted by atomic mass is 16.1. The Hall–Kier alpha value is -1.31. The molecule has 2 rings (SSSR count). The highest BCUT2D eigenvalue weighted by Gasteiger charge is 2.23. The first-order chi connectivity index (χ1) is 8.16. The third kappa shape index (κ3) is 3.09. The van der Waals surface area contributed by atoms with Crippen molar-refractivity contribution in [3.63, 3.8) is 0 Å². The number of hydrogen-bond donors (Lipinski definition) is 0. The molecule has 0 aliphatic heterocycles. The zero-order chi connectivity index (χ0) is 12.3. The molecule has 1 saturated carbocycles. The van der Waals surface area contributed by atoms with Crippen molar-refractivity contribution in [3.05, 3.63) is 29.8 Å².